The molecule has 2 aromatic carbocycles. The molecule has 0 bridgehead atoms. The van der Waals surface area contributed by atoms with Crippen molar-refractivity contribution in [2.75, 3.05) is 13.1 Å². The van der Waals surface area contributed by atoms with E-state index in [9.17, 15) is 10.2 Å². The Hall–Kier alpha value is -1.71. The first-order valence-corrected chi connectivity index (χ1v) is 6.51. The van der Waals surface area contributed by atoms with Gasteiger partial charge in [-0.2, -0.15) is 0 Å². The van der Waals surface area contributed by atoms with Gasteiger partial charge in [0.15, 0.2) is 11.5 Å². The third-order valence-corrected chi connectivity index (χ3v) is 3.06. The molecule has 0 radical (unpaired) electrons. The second kappa shape index (κ2) is 8.46. The Labute approximate surface area is 125 Å². The molecule has 0 unspecified atom stereocenters. The predicted molar refractivity (Wildman–Crippen MR) is 83.7 cm³/mol. The van der Waals surface area contributed by atoms with Gasteiger partial charge in [0, 0.05) is 0 Å². The minimum absolute atomic E-state index is 0. The first-order valence-electron chi connectivity index (χ1n) is 6.51. The standard InChI is InChI=1S/C16H19NO2.ClH/c18-15-7-6-14(12-16(15)19)9-11-17-10-8-13-4-2-1-3-5-13;/h1-7,12,17-19H,8-11H2;1H. The van der Waals surface area contributed by atoms with Crippen molar-refractivity contribution in [2.45, 2.75) is 12.8 Å². The maximum atomic E-state index is 9.38. The lowest BCUT2D eigenvalue weighted by Crippen LogP contribution is -2.20. The van der Waals surface area contributed by atoms with Crippen LogP contribution in [0.4, 0.5) is 0 Å². The van der Waals surface area contributed by atoms with Crippen LogP contribution in [0.2, 0.25) is 0 Å². The smallest absolute Gasteiger partial charge is 0.157 e. The highest BCUT2D eigenvalue weighted by Crippen LogP contribution is 2.24. The van der Waals surface area contributed by atoms with Gasteiger partial charge in [-0.1, -0.05) is 36.4 Å². The Morgan fingerprint density at radius 2 is 1.40 bits per heavy atom. The van der Waals surface area contributed by atoms with Crippen molar-refractivity contribution in [1.29, 1.82) is 0 Å². The predicted octanol–water partition coefficient (Wildman–Crippen LogP) is 2.89. The average Bonchev–Trinajstić information content (AvgIpc) is 2.43. The molecule has 0 fully saturated rings. The van der Waals surface area contributed by atoms with E-state index < -0.39 is 0 Å². The van der Waals surface area contributed by atoms with Crippen LogP contribution in [0.15, 0.2) is 48.5 Å². The summed E-state index contributed by atoms with van der Waals surface area (Å²) >= 11 is 0. The molecule has 0 aliphatic carbocycles. The quantitative estimate of drug-likeness (QED) is 0.567. The van der Waals surface area contributed by atoms with Gasteiger partial charge in [-0.15, -0.1) is 12.4 Å². The van der Waals surface area contributed by atoms with Gasteiger partial charge in [0.1, 0.15) is 0 Å². The van der Waals surface area contributed by atoms with Gasteiger partial charge >= 0.3 is 0 Å². The van der Waals surface area contributed by atoms with Gasteiger partial charge in [-0.25, -0.2) is 0 Å². The Morgan fingerprint density at radius 3 is 2.05 bits per heavy atom. The lowest BCUT2D eigenvalue weighted by molar-refractivity contribution is 0.403. The summed E-state index contributed by atoms with van der Waals surface area (Å²) in [4.78, 5) is 0. The molecule has 20 heavy (non-hydrogen) atoms. The van der Waals surface area contributed by atoms with Gasteiger partial charge in [-0.05, 0) is 49.2 Å². The molecule has 0 saturated heterocycles. The minimum atomic E-state index is -0.0687. The maximum Gasteiger partial charge on any atom is 0.157 e. The minimum Gasteiger partial charge on any atom is -0.504 e. The van der Waals surface area contributed by atoms with Gasteiger partial charge in [0.25, 0.3) is 0 Å². The monoisotopic (exact) mass is 293 g/mol. The van der Waals surface area contributed by atoms with E-state index in [2.05, 4.69) is 29.6 Å². The Balaban J connectivity index is 0.00000200. The highest BCUT2D eigenvalue weighted by molar-refractivity contribution is 5.85. The van der Waals surface area contributed by atoms with Crippen molar-refractivity contribution < 1.29 is 10.2 Å². The molecule has 2 rings (SSSR count). The summed E-state index contributed by atoms with van der Waals surface area (Å²) in [5.74, 6) is -0.123. The number of phenolic OH excluding ortho intramolecular Hbond substituents is 2. The molecule has 0 spiro atoms. The van der Waals surface area contributed by atoms with Gasteiger partial charge in [0.05, 0.1) is 0 Å². The van der Waals surface area contributed by atoms with Crippen LogP contribution in [0, 0.1) is 0 Å². The summed E-state index contributed by atoms with van der Waals surface area (Å²) in [6, 6.07) is 15.3. The number of hydrogen-bond acceptors (Lipinski definition) is 3. The Morgan fingerprint density at radius 1 is 0.750 bits per heavy atom. The van der Waals surface area contributed by atoms with Crippen molar-refractivity contribution in [3.05, 3.63) is 59.7 Å². The van der Waals surface area contributed by atoms with E-state index in [1.165, 1.54) is 11.6 Å². The van der Waals surface area contributed by atoms with Crippen LogP contribution in [0.25, 0.3) is 0 Å². The fraction of sp³-hybridized carbons (Fsp3) is 0.250. The molecule has 0 amide bonds. The lowest BCUT2D eigenvalue weighted by atomic mass is 10.1. The number of hydrogen-bond donors (Lipinski definition) is 3. The first kappa shape index (κ1) is 16.3. The summed E-state index contributed by atoms with van der Waals surface area (Å²) in [6.45, 7) is 1.80. The molecule has 0 aliphatic heterocycles. The summed E-state index contributed by atoms with van der Waals surface area (Å²) in [7, 11) is 0. The normalized spacial score (nSPS) is 10.0. The molecule has 0 atom stereocenters. The third kappa shape index (κ3) is 5.11. The van der Waals surface area contributed by atoms with Crippen LogP contribution >= 0.6 is 12.4 Å². The van der Waals surface area contributed by atoms with Crippen LogP contribution in [0.1, 0.15) is 11.1 Å². The molecule has 0 heterocycles. The van der Waals surface area contributed by atoms with Gasteiger partial charge in [0.2, 0.25) is 0 Å². The van der Waals surface area contributed by atoms with E-state index in [4.69, 9.17) is 0 Å². The van der Waals surface area contributed by atoms with Crippen molar-refractivity contribution in [1.82, 2.24) is 5.32 Å². The van der Waals surface area contributed by atoms with Crippen molar-refractivity contribution in [2.24, 2.45) is 0 Å². The van der Waals surface area contributed by atoms with Crippen LogP contribution in [-0.2, 0) is 12.8 Å². The first-order chi connectivity index (χ1) is 9.25. The van der Waals surface area contributed by atoms with Crippen LogP contribution in [0.3, 0.4) is 0 Å². The van der Waals surface area contributed by atoms with Crippen molar-refractivity contribution >= 4 is 12.4 Å². The maximum absolute atomic E-state index is 9.38. The molecular weight excluding hydrogens is 274 g/mol. The number of nitrogens with one attached hydrogen (secondary N) is 1. The Bertz CT molecular complexity index is 517. The molecule has 0 aliphatic rings. The summed E-state index contributed by atoms with van der Waals surface area (Å²) in [5, 5.41) is 22.0. The van der Waals surface area contributed by atoms with E-state index in [1.807, 2.05) is 12.1 Å². The zero-order chi connectivity index (χ0) is 13.5. The SMILES string of the molecule is Cl.Oc1ccc(CCNCCc2ccccc2)cc1O. The molecule has 108 valence electrons. The molecule has 3 N–H and O–H groups in total. The van der Waals surface area contributed by atoms with E-state index in [0.29, 0.717) is 0 Å². The number of benzene rings is 2. The topological polar surface area (TPSA) is 52.5 Å². The average molecular weight is 294 g/mol. The van der Waals surface area contributed by atoms with Crippen LogP contribution in [-0.4, -0.2) is 23.3 Å². The molecule has 3 nitrogen and oxygen atoms in total. The van der Waals surface area contributed by atoms with E-state index >= 15 is 0 Å². The van der Waals surface area contributed by atoms with Crippen LogP contribution in [0.5, 0.6) is 11.5 Å². The van der Waals surface area contributed by atoms with E-state index in [0.717, 1.165) is 31.5 Å². The lowest BCUT2D eigenvalue weighted by Gasteiger charge is -2.06. The van der Waals surface area contributed by atoms with Crippen LogP contribution < -0.4 is 5.32 Å². The molecule has 0 aromatic heterocycles. The zero-order valence-electron chi connectivity index (χ0n) is 11.2. The number of rotatable bonds is 6. The largest absolute Gasteiger partial charge is 0.504 e. The highest BCUT2D eigenvalue weighted by Gasteiger charge is 2.00. The van der Waals surface area contributed by atoms with Gasteiger partial charge in [-0.3, -0.25) is 0 Å². The summed E-state index contributed by atoms with van der Waals surface area (Å²) in [6.07, 6.45) is 1.85. The third-order valence-electron chi connectivity index (χ3n) is 3.06. The number of aromatic hydroxyl groups is 2. The molecule has 0 saturated carbocycles. The second-order valence-electron chi connectivity index (χ2n) is 4.56. The second-order valence-corrected chi connectivity index (χ2v) is 4.56. The molecule has 4 heteroatoms. The fourth-order valence-corrected chi connectivity index (χ4v) is 1.96. The Kier molecular flexibility index (Phi) is 6.91. The number of halogens is 1. The highest BCUT2D eigenvalue weighted by atomic mass is 35.5. The summed E-state index contributed by atoms with van der Waals surface area (Å²) in [5.41, 5.74) is 2.35. The van der Waals surface area contributed by atoms with Crippen molar-refractivity contribution in [3.63, 3.8) is 0 Å². The number of phenols is 2. The van der Waals surface area contributed by atoms with Crippen molar-refractivity contribution in [3.8, 4) is 11.5 Å². The van der Waals surface area contributed by atoms with Gasteiger partial charge < -0.3 is 15.5 Å². The summed E-state index contributed by atoms with van der Waals surface area (Å²) < 4.78 is 0. The zero-order valence-corrected chi connectivity index (χ0v) is 12.1. The van der Waals surface area contributed by atoms with E-state index in [-0.39, 0.29) is 23.9 Å². The molecule has 2 aromatic rings. The molecular formula is C16H20ClNO2. The van der Waals surface area contributed by atoms with E-state index in [1.54, 1.807) is 6.07 Å². The fourth-order valence-electron chi connectivity index (χ4n) is 1.96.